The van der Waals surface area contributed by atoms with Crippen LogP contribution in [0.3, 0.4) is 0 Å². The van der Waals surface area contributed by atoms with Crippen LogP contribution in [0.4, 0.5) is 0 Å². The molecule has 122 valence electrons. The van der Waals surface area contributed by atoms with Gasteiger partial charge < -0.3 is 11.5 Å². The summed E-state index contributed by atoms with van der Waals surface area (Å²) in [6, 6.07) is 0. The third-order valence-corrected chi connectivity index (χ3v) is 16.4. The molecule has 0 bridgehead atoms. The molecule has 21 heavy (non-hydrogen) atoms. The molecule has 7 heteroatoms. The van der Waals surface area contributed by atoms with Crippen LogP contribution in [-0.2, 0) is 17.9 Å². The Kier molecular flexibility index (Phi) is 5.36. The van der Waals surface area contributed by atoms with Gasteiger partial charge in [0.2, 0.25) is 0 Å². The van der Waals surface area contributed by atoms with Crippen LogP contribution in [0.5, 0.6) is 0 Å². The molecule has 2 aliphatic carbocycles. The molecule has 2 saturated carbocycles. The summed E-state index contributed by atoms with van der Waals surface area (Å²) >= 11 is 6.31. The molecule has 0 amide bonds. The smallest absolute Gasteiger partial charge is 0.161 e. The van der Waals surface area contributed by atoms with Gasteiger partial charge in [0.25, 0.3) is 0 Å². The van der Waals surface area contributed by atoms with Gasteiger partial charge in [-0.25, -0.2) is 0 Å². The average molecular weight is 349 g/mol. The molecule has 0 saturated heterocycles. The summed E-state index contributed by atoms with van der Waals surface area (Å²) in [7, 11) is 1.31. The van der Waals surface area contributed by atoms with Crippen LogP contribution in [0.2, 0.25) is 0 Å². The van der Waals surface area contributed by atoms with Gasteiger partial charge >= 0.3 is 0 Å². The predicted octanol–water partition coefficient (Wildman–Crippen LogP) is 3.24. The summed E-state index contributed by atoms with van der Waals surface area (Å²) in [6.45, 7) is -2.81. The first-order valence-electron chi connectivity index (χ1n) is 7.92. The number of nitrogens with two attached hydrogens (primary N) is 2. The molecule has 0 heterocycles. The maximum Gasteiger partial charge on any atom is 0.161 e. The number of amidine groups is 2. The highest BCUT2D eigenvalue weighted by Crippen LogP contribution is 2.55. The maximum absolute atomic E-state index is 8.41. The monoisotopic (exact) mass is 348 g/mol. The van der Waals surface area contributed by atoms with E-state index in [1.165, 1.54) is 49.3 Å². The molecule has 0 unspecified atom stereocenters. The van der Waals surface area contributed by atoms with E-state index in [0.717, 1.165) is 25.7 Å². The summed E-state index contributed by atoms with van der Waals surface area (Å²) in [5.41, 5.74) is 11.9. The Balaban J connectivity index is 2.49. The molecule has 0 atom stereocenters. The summed E-state index contributed by atoms with van der Waals surface area (Å²) in [5, 5.41) is 17.1. The van der Waals surface area contributed by atoms with Crippen LogP contribution in [0.15, 0.2) is 0 Å². The summed E-state index contributed by atoms with van der Waals surface area (Å²) in [5.74, 6) is 0. The van der Waals surface area contributed by atoms with Crippen LogP contribution in [0.1, 0.15) is 64.2 Å². The molecule has 0 aromatic rings. The Hall–Kier alpha value is -0.140. The Bertz CT molecular complexity index is 455. The molecule has 0 aromatic heterocycles. The summed E-state index contributed by atoms with van der Waals surface area (Å²) in [4.78, 5) is 0. The molecule has 4 nitrogen and oxygen atoms in total. The van der Waals surface area contributed by atoms with Gasteiger partial charge in [0.15, 0.2) is 5.17 Å². The van der Waals surface area contributed by atoms with Crippen LogP contribution < -0.4 is 11.5 Å². The van der Waals surface area contributed by atoms with E-state index in [2.05, 4.69) is 0 Å². The molecular formula is C14H28N4S3. The van der Waals surface area contributed by atoms with E-state index < -0.39 is 6.75 Å². The zero-order valence-corrected chi connectivity index (χ0v) is 15.1. The van der Waals surface area contributed by atoms with Gasteiger partial charge in [0, 0.05) is 10.5 Å². The van der Waals surface area contributed by atoms with Crippen molar-refractivity contribution in [3.05, 3.63) is 0 Å². The molecule has 2 fully saturated rings. The summed E-state index contributed by atoms with van der Waals surface area (Å²) < 4.78 is 0. The Labute approximate surface area is 136 Å². The van der Waals surface area contributed by atoms with E-state index in [0.29, 0.717) is 10.5 Å². The predicted molar refractivity (Wildman–Crippen MR) is 99.9 cm³/mol. The zero-order valence-electron chi connectivity index (χ0n) is 12.6. The summed E-state index contributed by atoms with van der Waals surface area (Å²) in [6.07, 6.45) is 11.4. The van der Waals surface area contributed by atoms with Crippen LogP contribution in [0, 0.1) is 10.8 Å². The highest BCUT2D eigenvalue weighted by Gasteiger charge is 2.51. The first-order chi connectivity index (χ1) is 9.89. The fraction of sp³-hybridized carbons (Fsp3) is 0.857. The minimum atomic E-state index is -2.81. The van der Waals surface area contributed by atoms with Gasteiger partial charge in [-0.1, -0.05) is 56.5 Å². The third-order valence-electron chi connectivity index (χ3n) is 5.06. The van der Waals surface area contributed by atoms with Crippen molar-refractivity contribution >= 4 is 39.1 Å². The quantitative estimate of drug-likeness (QED) is 0.350. The molecule has 0 spiro atoms. The fourth-order valence-electron chi connectivity index (χ4n) is 4.02. The van der Waals surface area contributed by atoms with Gasteiger partial charge in [-0.15, -0.1) is 0 Å². The van der Waals surface area contributed by atoms with E-state index in [-0.39, 0.29) is 10.3 Å². The molecule has 0 aliphatic heterocycles. The molecule has 6 N–H and O–H groups in total. The van der Waals surface area contributed by atoms with Crippen molar-refractivity contribution in [2.24, 2.45) is 11.5 Å². The van der Waals surface area contributed by atoms with Crippen molar-refractivity contribution in [1.82, 2.24) is 0 Å². The maximum atomic E-state index is 8.41. The minimum absolute atomic E-state index is 0.0540. The highest BCUT2D eigenvalue weighted by atomic mass is 33.4. The van der Waals surface area contributed by atoms with Crippen molar-refractivity contribution < 1.29 is 0 Å². The lowest BCUT2D eigenvalue weighted by Crippen LogP contribution is -2.59. The lowest BCUT2D eigenvalue weighted by Gasteiger charge is -2.56. The Morgan fingerprint density at radius 2 is 1.24 bits per heavy atom. The van der Waals surface area contributed by atoms with Crippen LogP contribution in [-0.4, -0.2) is 20.8 Å². The highest BCUT2D eigenvalue weighted by molar-refractivity contribution is 9.07. The van der Waals surface area contributed by atoms with Crippen molar-refractivity contribution in [2.45, 2.75) is 74.7 Å². The van der Waals surface area contributed by atoms with E-state index in [4.69, 9.17) is 33.5 Å². The van der Waals surface area contributed by atoms with E-state index >= 15 is 0 Å². The number of nitrogens with one attached hydrogen (secondary N) is 2. The first-order valence-corrected chi connectivity index (χ1v) is 12.3. The lowest BCUT2D eigenvalue weighted by atomic mass is 10.00. The Morgan fingerprint density at radius 1 is 0.857 bits per heavy atom. The van der Waals surface area contributed by atoms with Gasteiger partial charge in [-0.2, -0.15) is 0 Å². The molecule has 0 radical (unpaired) electrons. The van der Waals surface area contributed by atoms with E-state index in [1.54, 1.807) is 0 Å². The van der Waals surface area contributed by atoms with Gasteiger partial charge in [-0.3, -0.25) is 10.8 Å². The second-order valence-electron chi connectivity index (χ2n) is 6.32. The largest absolute Gasteiger partial charge is 0.379 e. The molecular weight excluding hydrogens is 320 g/mol. The van der Waals surface area contributed by atoms with Crippen molar-refractivity contribution in [3.8, 4) is 0 Å². The van der Waals surface area contributed by atoms with Crippen molar-refractivity contribution in [1.29, 1.82) is 10.8 Å². The number of hydrogen-bond donors (Lipinski definition) is 4. The zero-order chi connectivity index (χ0) is 15.5. The second-order valence-corrected chi connectivity index (χ2v) is 16.1. The SMILES string of the molecule is N=C(N)SS(=S)(C(=N)N)(C1CCCCC1)C1CCCCC1. The Morgan fingerprint density at radius 3 is 1.52 bits per heavy atom. The van der Waals surface area contributed by atoms with Crippen molar-refractivity contribution in [2.75, 3.05) is 0 Å². The van der Waals surface area contributed by atoms with Gasteiger partial charge in [0.05, 0.1) is 0 Å². The molecule has 2 aliphatic rings. The van der Waals surface area contributed by atoms with E-state index in [9.17, 15) is 0 Å². The van der Waals surface area contributed by atoms with Gasteiger partial charge in [0.1, 0.15) is 5.17 Å². The fourth-order valence-corrected chi connectivity index (χ4v) is 13.6. The normalized spacial score (nSPS) is 24.1. The standard InChI is InChI=1S/C14H28N4S3/c15-13(16)20-21(19,14(17)18,11-7-3-1-4-8-11)12-9-5-2-6-10-12/h11-12H,1-10H2,(H3,15,16)(H3,17,18). The molecule has 2 rings (SSSR count). The number of rotatable bonds is 2. The third kappa shape index (κ3) is 3.01. The molecule has 0 aromatic carbocycles. The van der Waals surface area contributed by atoms with Crippen molar-refractivity contribution in [3.63, 3.8) is 0 Å². The lowest BCUT2D eigenvalue weighted by molar-refractivity contribution is 0.489. The first kappa shape index (κ1) is 17.2. The average Bonchev–Trinajstić information content (AvgIpc) is 2.48. The second kappa shape index (κ2) is 6.54. The topological polar surface area (TPSA) is 99.7 Å². The van der Waals surface area contributed by atoms with Crippen LogP contribution >= 0.6 is 10.8 Å². The number of hydrogen-bond acceptors (Lipinski definition) is 4. The van der Waals surface area contributed by atoms with Crippen LogP contribution in [0.25, 0.3) is 0 Å². The minimum Gasteiger partial charge on any atom is -0.379 e. The van der Waals surface area contributed by atoms with Gasteiger partial charge in [-0.05, 0) is 36.5 Å². The van der Waals surface area contributed by atoms with E-state index in [1.807, 2.05) is 0 Å².